The first-order valence-corrected chi connectivity index (χ1v) is 8.97. The van der Waals surface area contributed by atoms with E-state index < -0.39 is 5.91 Å². The summed E-state index contributed by atoms with van der Waals surface area (Å²) in [7, 11) is 0. The smallest absolute Gasteiger partial charge is 0.253 e. The number of aromatic nitrogens is 1. The number of hydrogen-bond acceptors (Lipinski definition) is 2. The van der Waals surface area contributed by atoms with E-state index in [9.17, 15) is 14.0 Å². The second-order valence-corrected chi connectivity index (χ2v) is 6.42. The SMILES string of the molecule is Cc1cccc(F)c1-c1c[nH]cc1C(=O)NCCC(N)=O.Clc1ccccc1. The third-order valence-electron chi connectivity index (χ3n) is 3.87. The van der Waals surface area contributed by atoms with Crippen LogP contribution in [0.5, 0.6) is 0 Å². The number of primary amides is 1. The molecule has 0 saturated carbocycles. The lowest BCUT2D eigenvalue weighted by Gasteiger charge is -2.09. The Hall–Kier alpha value is -3.12. The van der Waals surface area contributed by atoms with Crippen molar-refractivity contribution < 1.29 is 14.0 Å². The molecule has 28 heavy (non-hydrogen) atoms. The van der Waals surface area contributed by atoms with Crippen molar-refractivity contribution in [1.29, 1.82) is 0 Å². The fraction of sp³-hybridized carbons (Fsp3) is 0.143. The Morgan fingerprint density at radius 2 is 1.82 bits per heavy atom. The van der Waals surface area contributed by atoms with Crippen molar-refractivity contribution in [3.63, 3.8) is 0 Å². The average molecular weight is 402 g/mol. The molecule has 146 valence electrons. The van der Waals surface area contributed by atoms with E-state index in [0.29, 0.717) is 16.7 Å². The van der Waals surface area contributed by atoms with Crippen molar-refractivity contribution in [2.75, 3.05) is 6.54 Å². The van der Waals surface area contributed by atoms with E-state index in [0.717, 1.165) is 10.6 Å². The Morgan fingerprint density at radius 3 is 2.39 bits per heavy atom. The van der Waals surface area contributed by atoms with E-state index >= 15 is 0 Å². The lowest BCUT2D eigenvalue weighted by Crippen LogP contribution is -2.28. The third kappa shape index (κ3) is 5.96. The lowest BCUT2D eigenvalue weighted by atomic mass is 9.99. The lowest BCUT2D eigenvalue weighted by molar-refractivity contribution is -0.117. The summed E-state index contributed by atoms with van der Waals surface area (Å²) >= 11 is 5.54. The quantitative estimate of drug-likeness (QED) is 0.601. The van der Waals surface area contributed by atoms with Crippen LogP contribution in [-0.4, -0.2) is 23.3 Å². The minimum absolute atomic E-state index is 0.0597. The van der Waals surface area contributed by atoms with Gasteiger partial charge in [-0.3, -0.25) is 9.59 Å². The molecule has 0 spiro atoms. The molecule has 7 heteroatoms. The van der Waals surface area contributed by atoms with Gasteiger partial charge in [-0.15, -0.1) is 0 Å². The van der Waals surface area contributed by atoms with Crippen LogP contribution in [0.15, 0.2) is 60.9 Å². The molecule has 0 bridgehead atoms. The molecule has 1 aromatic heterocycles. The van der Waals surface area contributed by atoms with E-state index in [1.54, 1.807) is 25.3 Å². The van der Waals surface area contributed by atoms with Crippen LogP contribution in [0, 0.1) is 12.7 Å². The number of H-pyrrole nitrogens is 1. The molecule has 3 rings (SSSR count). The van der Waals surface area contributed by atoms with Gasteiger partial charge in [0.05, 0.1) is 5.56 Å². The summed E-state index contributed by atoms with van der Waals surface area (Å²) < 4.78 is 14.0. The van der Waals surface area contributed by atoms with Gasteiger partial charge < -0.3 is 16.0 Å². The van der Waals surface area contributed by atoms with Gasteiger partial charge in [0.25, 0.3) is 5.91 Å². The maximum atomic E-state index is 14.0. The Bertz CT molecular complexity index is 922. The summed E-state index contributed by atoms with van der Waals surface area (Å²) in [5.74, 6) is -1.26. The van der Waals surface area contributed by atoms with Crippen LogP contribution in [0.1, 0.15) is 22.3 Å². The standard InChI is InChI=1S/C15H16FN3O2.C6H5Cl/c1-9-3-2-4-12(16)14(9)10-7-18-8-11(10)15(21)19-6-5-13(17)20;7-6-4-2-1-3-5-6/h2-4,7-8,18H,5-6H2,1H3,(H2,17,20)(H,19,21);1-5H. The number of aryl methyl sites for hydroxylation is 1. The van der Waals surface area contributed by atoms with Gasteiger partial charge in [-0.1, -0.05) is 41.9 Å². The molecule has 1 heterocycles. The number of aromatic amines is 1. The molecule has 2 aromatic carbocycles. The predicted octanol–water partition coefficient (Wildman–Crippen LogP) is 4.07. The molecule has 0 aliphatic heterocycles. The van der Waals surface area contributed by atoms with Crippen molar-refractivity contribution in [2.45, 2.75) is 13.3 Å². The van der Waals surface area contributed by atoms with Gasteiger partial charge in [0, 0.05) is 41.5 Å². The van der Waals surface area contributed by atoms with Crippen LogP contribution in [0.3, 0.4) is 0 Å². The van der Waals surface area contributed by atoms with Crippen molar-refractivity contribution in [1.82, 2.24) is 10.3 Å². The fourth-order valence-electron chi connectivity index (χ4n) is 2.54. The van der Waals surface area contributed by atoms with E-state index in [1.807, 2.05) is 30.3 Å². The molecule has 5 nitrogen and oxygen atoms in total. The maximum absolute atomic E-state index is 14.0. The minimum atomic E-state index is -0.491. The highest BCUT2D eigenvalue weighted by Crippen LogP contribution is 2.29. The number of halogens is 2. The first-order valence-electron chi connectivity index (χ1n) is 8.59. The summed E-state index contributed by atoms with van der Waals surface area (Å²) in [6.45, 7) is 1.93. The molecule has 0 fully saturated rings. The zero-order valence-corrected chi connectivity index (χ0v) is 16.1. The summed E-state index contributed by atoms with van der Waals surface area (Å²) in [5.41, 5.74) is 6.95. The van der Waals surface area contributed by atoms with Gasteiger partial charge in [0.15, 0.2) is 0 Å². The monoisotopic (exact) mass is 401 g/mol. The molecule has 0 saturated heterocycles. The van der Waals surface area contributed by atoms with Crippen LogP contribution < -0.4 is 11.1 Å². The van der Waals surface area contributed by atoms with Gasteiger partial charge in [-0.05, 0) is 30.7 Å². The molecule has 0 aliphatic rings. The highest BCUT2D eigenvalue weighted by Gasteiger charge is 2.17. The molecule has 0 aliphatic carbocycles. The topological polar surface area (TPSA) is 88.0 Å². The molecule has 3 aromatic rings. The Balaban J connectivity index is 0.000000336. The highest BCUT2D eigenvalue weighted by atomic mass is 35.5. The van der Waals surface area contributed by atoms with Gasteiger partial charge in [-0.2, -0.15) is 0 Å². The van der Waals surface area contributed by atoms with Crippen molar-refractivity contribution in [3.05, 3.63) is 82.9 Å². The zero-order valence-electron chi connectivity index (χ0n) is 15.3. The minimum Gasteiger partial charge on any atom is -0.370 e. The van der Waals surface area contributed by atoms with Gasteiger partial charge in [0.2, 0.25) is 5.91 Å². The first kappa shape index (κ1) is 21.2. The van der Waals surface area contributed by atoms with Crippen LogP contribution in [-0.2, 0) is 4.79 Å². The van der Waals surface area contributed by atoms with E-state index in [1.165, 1.54) is 12.3 Å². The van der Waals surface area contributed by atoms with Crippen LogP contribution in [0.2, 0.25) is 5.02 Å². The van der Waals surface area contributed by atoms with Gasteiger partial charge in [-0.25, -0.2) is 4.39 Å². The second kappa shape index (κ2) is 10.3. The number of hydrogen-bond donors (Lipinski definition) is 3. The van der Waals surface area contributed by atoms with Crippen LogP contribution >= 0.6 is 11.6 Å². The normalized spacial score (nSPS) is 9.96. The number of carbonyl (C=O) groups excluding carboxylic acids is 2. The molecule has 0 unspecified atom stereocenters. The van der Waals surface area contributed by atoms with Crippen LogP contribution in [0.4, 0.5) is 4.39 Å². The van der Waals surface area contributed by atoms with Crippen molar-refractivity contribution >= 4 is 23.4 Å². The number of amides is 2. The molecular formula is C21H21ClFN3O2. The number of nitrogens with two attached hydrogens (primary N) is 1. The Kier molecular flexibility index (Phi) is 7.77. The molecular weight excluding hydrogens is 381 g/mol. The van der Waals surface area contributed by atoms with E-state index in [2.05, 4.69) is 10.3 Å². The molecule has 2 amide bonds. The highest BCUT2D eigenvalue weighted by molar-refractivity contribution is 6.30. The molecule has 0 radical (unpaired) electrons. The predicted molar refractivity (Wildman–Crippen MR) is 109 cm³/mol. The van der Waals surface area contributed by atoms with Gasteiger partial charge >= 0.3 is 0 Å². The summed E-state index contributed by atoms with van der Waals surface area (Å²) in [5, 5.41) is 3.38. The first-order chi connectivity index (χ1) is 13.4. The number of carbonyl (C=O) groups is 2. The third-order valence-corrected chi connectivity index (χ3v) is 4.12. The van der Waals surface area contributed by atoms with Crippen molar-refractivity contribution in [3.8, 4) is 11.1 Å². The molecule has 0 atom stereocenters. The Morgan fingerprint density at radius 1 is 1.11 bits per heavy atom. The Labute approximate surface area is 167 Å². The van der Waals surface area contributed by atoms with Crippen LogP contribution in [0.25, 0.3) is 11.1 Å². The molecule has 4 N–H and O–H groups in total. The van der Waals surface area contributed by atoms with E-state index in [4.69, 9.17) is 17.3 Å². The van der Waals surface area contributed by atoms with Gasteiger partial charge in [0.1, 0.15) is 5.82 Å². The summed E-state index contributed by atoms with van der Waals surface area (Å²) in [6.07, 6.45) is 3.14. The summed E-state index contributed by atoms with van der Waals surface area (Å²) in [4.78, 5) is 25.6. The fourth-order valence-corrected chi connectivity index (χ4v) is 2.69. The second-order valence-electron chi connectivity index (χ2n) is 5.98. The number of nitrogens with one attached hydrogen (secondary N) is 2. The zero-order chi connectivity index (χ0) is 20.5. The summed E-state index contributed by atoms with van der Waals surface area (Å²) in [6, 6.07) is 14.2. The number of benzene rings is 2. The average Bonchev–Trinajstić information content (AvgIpc) is 3.12. The largest absolute Gasteiger partial charge is 0.370 e. The van der Waals surface area contributed by atoms with E-state index in [-0.39, 0.29) is 24.7 Å². The maximum Gasteiger partial charge on any atom is 0.253 e. The van der Waals surface area contributed by atoms with Crippen molar-refractivity contribution in [2.24, 2.45) is 5.73 Å². The number of rotatable bonds is 5.